The Balaban J connectivity index is 0.000000269. The second-order valence-electron chi connectivity index (χ2n) is 15.1. The van der Waals surface area contributed by atoms with Crippen LogP contribution < -0.4 is 22.9 Å². The van der Waals surface area contributed by atoms with Crippen molar-refractivity contribution < 1.29 is 26.7 Å². The van der Waals surface area contributed by atoms with Crippen molar-refractivity contribution in [3.05, 3.63) is 204 Å². The molecule has 15 heteroatoms. The van der Waals surface area contributed by atoms with Crippen LogP contribution in [0, 0.1) is 0 Å². The van der Waals surface area contributed by atoms with Crippen LogP contribution in [0.2, 0.25) is 0 Å². The number of aliphatic carboxylic acids is 1. The molecule has 5 aromatic carbocycles. The molecule has 9 N–H and O–H groups in total. The Morgan fingerprint density at radius 1 is 0.545 bits per heavy atom. The summed E-state index contributed by atoms with van der Waals surface area (Å²) in [5, 5.41) is 7.42. The molecule has 13 nitrogen and oxygen atoms in total. The van der Waals surface area contributed by atoms with Gasteiger partial charge in [-0.25, -0.2) is 26.8 Å². The molecule has 66 heavy (non-hydrogen) atoms. The molecule has 0 amide bonds. The fourth-order valence-corrected chi connectivity index (χ4v) is 10.1. The van der Waals surface area contributed by atoms with Gasteiger partial charge in [-0.1, -0.05) is 135 Å². The minimum atomic E-state index is -3.70. The maximum atomic E-state index is 13.6. The Labute approximate surface area is 389 Å². The number of anilines is 4. The van der Waals surface area contributed by atoms with Crippen molar-refractivity contribution in [3.8, 4) is 0 Å². The van der Waals surface area contributed by atoms with Crippen LogP contribution in [0.25, 0.3) is 0 Å². The minimum absolute atomic E-state index is 0. The van der Waals surface area contributed by atoms with E-state index in [4.69, 9.17) is 32.8 Å². The molecule has 0 aliphatic heterocycles. The first-order valence-corrected chi connectivity index (χ1v) is 23.9. The molecule has 2 aromatic heterocycles. The standard InChI is InChI=1S/C27H28N4O2S.C21H23N3O2S.C2H4O2.CH4/c28-26-18-23(19-27(29)30-26)25(22-12-6-2-7-13-22)16-17-31(20-21-10-4-1-5-11-21)34(32,33)24-14-8-3-9-15-24;22-20-14-17(15-21(23)24-20)19(16-8-3-1-4-9-16)12-7-13-27(25,26)18-10-5-2-6-11-18;1-2(3)4;/h1-15,18-19,25H,16-17,20H2,(H4,28,29,30);1-6,8-11,14-15,19H,7,12-13H2,(H4,22,23,24);1H3,(H,3,4);1H4. The zero-order chi connectivity index (χ0) is 46.8. The third-order valence-corrected chi connectivity index (χ3v) is 13.9. The highest BCUT2D eigenvalue weighted by molar-refractivity contribution is 7.91. The molecule has 2 unspecified atom stereocenters. The maximum Gasteiger partial charge on any atom is 0.300 e. The summed E-state index contributed by atoms with van der Waals surface area (Å²) < 4.78 is 53.8. The predicted molar refractivity (Wildman–Crippen MR) is 266 cm³/mol. The number of hydrogen-bond donors (Lipinski definition) is 5. The van der Waals surface area contributed by atoms with Gasteiger partial charge in [-0.2, -0.15) is 4.31 Å². The summed E-state index contributed by atoms with van der Waals surface area (Å²) in [7, 11) is -7.00. The summed E-state index contributed by atoms with van der Waals surface area (Å²) in [5.74, 6) is 0.576. The van der Waals surface area contributed by atoms with Crippen LogP contribution in [0.1, 0.15) is 73.3 Å². The van der Waals surface area contributed by atoms with Crippen molar-refractivity contribution in [1.29, 1.82) is 0 Å². The number of nitrogens with zero attached hydrogens (tertiary/aromatic N) is 3. The van der Waals surface area contributed by atoms with Gasteiger partial charge in [0.15, 0.2) is 9.84 Å². The number of carboxylic acid groups (broad SMARTS) is 1. The van der Waals surface area contributed by atoms with Crippen LogP contribution >= 0.6 is 0 Å². The van der Waals surface area contributed by atoms with Gasteiger partial charge < -0.3 is 28.0 Å². The van der Waals surface area contributed by atoms with Crippen LogP contribution in [0.3, 0.4) is 0 Å². The van der Waals surface area contributed by atoms with E-state index < -0.39 is 25.8 Å². The second-order valence-corrected chi connectivity index (χ2v) is 19.2. The fraction of sp³-hybridized carbons (Fsp3) is 0.196. The van der Waals surface area contributed by atoms with Crippen LogP contribution in [-0.4, -0.2) is 54.5 Å². The largest absolute Gasteiger partial charge is 0.481 e. The van der Waals surface area contributed by atoms with Gasteiger partial charge in [-0.15, -0.1) is 0 Å². The molecule has 2 atom stereocenters. The van der Waals surface area contributed by atoms with Gasteiger partial charge in [0, 0.05) is 31.8 Å². The average molecular weight is 930 g/mol. The van der Waals surface area contributed by atoms with Gasteiger partial charge in [-0.05, 0) is 95.6 Å². The Morgan fingerprint density at radius 2 is 0.894 bits per heavy atom. The highest BCUT2D eigenvalue weighted by Gasteiger charge is 2.27. The predicted octanol–water partition coefficient (Wildman–Crippen LogP) is 9.02. The number of nitrogens with two attached hydrogens (primary N) is 4. The zero-order valence-electron chi connectivity index (χ0n) is 36.1. The van der Waals surface area contributed by atoms with Gasteiger partial charge in [0.1, 0.15) is 23.3 Å². The fourth-order valence-electron chi connectivity index (χ4n) is 7.33. The highest BCUT2D eigenvalue weighted by atomic mass is 32.2. The lowest BCUT2D eigenvalue weighted by Crippen LogP contribution is -2.32. The second kappa shape index (κ2) is 24.8. The SMILES string of the molecule is C.CC(=O)O.Nc1cc(C(CCCS(=O)(=O)c2ccccc2)c2ccccc2)cc(N)n1.Nc1cc(C(CCN(Cc2ccccc2)S(=O)(=O)c2ccccc2)c2ccccc2)cc(N)n1. The molecule has 346 valence electrons. The van der Waals surface area contributed by atoms with E-state index in [0.717, 1.165) is 34.7 Å². The lowest BCUT2D eigenvalue weighted by Gasteiger charge is -2.26. The Morgan fingerprint density at radius 3 is 1.30 bits per heavy atom. The molecule has 7 aromatic rings. The third kappa shape index (κ3) is 15.6. The molecule has 0 bridgehead atoms. The number of carboxylic acids is 1. The van der Waals surface area contributed by atoms with E-state index in [0.29, 0.717) is 54.0 Å². The number of carbonyl (C=O) groups is 1. The number of sulfonamides is 1. The molecule has 0 aliphatic carbocycles. The van der Waals surface area contributed by atoms with Crippen LogP contribution in [0.15, 0.2) is 186 Å². The molecule has 0 saturated carbocycles. The monoisotopic (exact) mass is 929 g/mol. The minimum Gasteiger partial charge on any atom is -0.481 e. The van der Waals surface area contributed by atoms with Crippen LogP contribution in [0.5, 0.6) is 0 Å². The number of aromatic nitrogens is 2. The summed E-state index contributed by atoms with van der Waals surface area (Å²) in [4.78, 5) is 17.8. The molecule has 0 saturated heterocycles. The molecular weight excluding hydrogens is 871 g/mol. The van der Waals surface area contributed by atoms with Crippen molar-refractivity contribution in [1.82, 2.24) is 14.3 Å². The van der Waals surface area contributed by atoms with Crippen molar-refractivity contribution in [2.75, 3.05) is 35.2 Å². The van der Waals surface area contributed by atoms with Crippen molar-refractivity contribution in [2.24, 2.45) is 0 Å². The van der Waals surface area contributed by atoms with Crippen molar-refractivity contribution in [3.63, 3.8) is 0 Å². The first kappa shape index (κ1) is 51.6. The summed E-state index contributed by atoms with van der Waals surface area (Å²) in [6.07, 6.45) is 1.74. The van der Waals surface area contributed by atoms with E-state index in [2.05, 4.69) is 9.97 Å². The van der Waals surface area contributed by atoms with E-state index in [1.54, 1.807) is 77.1 Å². The summed E-state index contributed by atoms with van der Waals surface area (Å²) in [6.45, 7) is 1.67. The van der Waals surface area contributed by atoms with Crippen LogP contribution in [0.4, 0.5) is 23.3 Å². The summed E-state index contributed by atoms with van der Waals surface area (Å²) in [6, 6.07) is 53.9. The third-order valence-electron chi connectivity index (χ3n) is 10.2. The quantitative estimate of drug-likeness (QED) is 0.0610. The molecule has 2 heterocycles. The van der Waals surface area contributed by atoms with Gasteiger partial charge in [0.05, 0.1) is 15.5 Å². The van der Waals surface area contributed by atoms with Gasteiger partial charge in [-0.3, -0.25) is 4.79 Å². The first-order chi connectivity index (χ1) is 31.1. The van der Waals surface area contributed by atoms with E-state index in [-0.39, 0.29) is 36.5 Å². The Hall–Kier alpha value is -7.07. The lowest BCUT2D eigenvalue weighted by molar-refractivity contribution is -0.134. The van der Waals surface area contributed by atoms with Crippen LogP contribution in [-0.2, 0) is 31.2 Å². The molecule has 0 spiro atoms. The van der Waals surface area contributed by atoms with E-state index in [1.807, 2.05) is 103 Å². The zero-order valence-corrected chi connectivity index (χ0v) is 37.7. The molecule has 7 rings (SSSR count). The van der Waals surface area contributed by atoms with E-state index in [1.165, 1.54) is 0 Å². The molecule has 0 radical (unpaired) electrons. The average Bonchev–Trinajstić information content (AvgIpc) is 3.28. The maximum absolute atomic E-state index is 13.6. The summed E-state index contributed by atoms with van der Waals surface area (Å²) in [5.41, 5.74) is 28.6. The smallest absolute Gasteiger partial charge is 0.300 e. The Kier molecular flexibility index (Phi) is 19.4. The normalized spacial score (nSPS) is 12.0. The number of rotatable bonds is 16. The van der Waals surface area contributed by atoms with Gasteiger partial charge in [0.25, 0.3) is 5.97 Å². The van der Waals surface area contributed by atoms with Crippen molar-refractivity contribution >= 4 is 49.1 Å². The first-order valence-electron chi connectivity index (χ1n) is 20.8. The number of hydrogen-bond acceptors (Lipinski definition) is 11. The molecule has 0 fully saturated rings. The highest BCUT2D eigenvalue weighted by Crippen LogP contribution is 2.33. The van der Waals surface area contributed by atoms with E-state index >= 15 is 0 Å². The number of sulfone groups is 1. The Bertz CT molecular complexity index is 2750. The molecule has 0 aliphatic rings. The molecular formula is C51H59N7O6S2. The topological polar surface area (TPSA) is 239 Å². The number of benzene rings is 5. The number of nitrogen functional groups attached to an aromatic ring is 4. The van der Waals surface area contributed by atoms with Gasteiger partial charge >= 0.3 is 0 Å². The summed E-state index contributed by atoms with van der Waals surface area (Å²) >= 11 is 0. The number of pyridine rings is 2. The van der Waals surface area contributed by atoms with Crippen molar-refractivity contribution in [2.45, 2.75) is 61.8 Å². The van der Waals surface area contributed by atoms with Gasteiger partial charge in [0.2, 0.25) is 10.0 Å². The van der Waals surface area contributed by atoms with E-state index in [9.17, 15) is 16.8 Å². The lowest BCUT2D eigenvalue weighted by atomic mass is 9.88.